The van der Waals surface area contributed by atoms with Crippen molar-refractivity contribution >= 4 is 11.9 Å². The van der Waals surface area contributed by atoms with Gasteiger partial charge in [0.1, 0.15) is 0 Å². The SMILES string of the molecule is CCCCNC(=O)c1ccc(CN=C(NCC)NCCN2CCCCC2)cc1. The Morgan fingerprint density at radius 2 is 1.75 bits per heavy atom. The first-order chi connectivity index (χ1) is 13.7. The molecule has 3 N–H and O–H groups in total. The average molecular weight is 388 g/mol. The van der Waals surface area contributed by atoms with E-state index in [1.54, 1.807) is 0 Å². The van der Waals surface area contributed by atoms with Crippen molar-refractivity contribution in [2.24, 2.45) is 4.99 Å². The number of nitrogens with zero attached hydrogens (tertiary/aromatic N) is 2. The standard InChI is InChI=1S/C22H37N5O/c1-3-5-13-24-21(28)20-11-9-19(10-12-20)18-26-22(23-4-2)25-14-17-27-15-7-6-8-16-27/h9-12H,3-8,13-18H2,1-2H3,(H,24,28)(H2,23,25,26). The van der Waals surface area contributed by atoms with E-state index in [1.807, 2.05) is 24.3 Å². The molecule has 0 saturated carbocycles. The van der Waals surface area contributed by atoms with E-state index in [0.29, 0.717) is 12.1 Å². The number of unbranched alkanes of at least 4 members (excludes halogenated alkanes) is 1. The van der Waals surface area contributed by atoms with Crippen LogP contribution in [-0.4, -0.2) is 56.0 Å². The van der Waals surface area contributed by atoms with Crippen LogP contribution in [0, 0.1) is 0 Å². The lowest BCUT2D eigenvalue weighted by Crippen LogP contribution is -2.42. The number of carbonyl (C=O) groups is 1. The van der Waals surface area contributed by atoms with E-state index in [4.69, 9.17) is 0 Å². The maximum Gasteiger partial charge on any atom is 0.251 e. The number of amides is 1. The van der Waals surface area contributed by atoms with Crippen LogP contribution in [0.2, 0.25) is 0 Å². The lowest BCUT2D eigenvalue weighted by Gasteiger charge is -2.26. The van der Waals surface area contributed by atoms with E-state index in [1.165, 1.54) is 32.4 Å². The second-order valence-corrected chi connectivity index (χ2v) is 7.33. The van der Waals surface area contributed by atoms with Crippen molar-refractivity contribution in [2.75, 3.05) is 39.3 Å². The lowest BCUT2D eigenvalue weighted by molar-refractivity contribution is 0.0953. The van der Waals surface area contributed by atoms with E-state index in [0.717, 1.165) is 50.5 Å². The number of benzene rings is 1. The summed E-state index contributed by atoms with van der Waals surface area (Å²) in [7, 11) is 0. The Bertz CT molecular complexity index is 593. The second kappa shape index (κ2) is 13.2. The van der Waals surface area contributed by atoms with Gasteiger partial charge in [0.05, 0.1) is 6.54 Å². The molecule has 1 aromatic rings. The second-order valence-electron chi connectivity index (χ2n) is 7.33. The summed E-state index contributed by atoms with van der Waals surface area (Å²) < 4.78 is 0. The van der Waals surface area contributed by atoms with Gasteiger partial charge in [-0.05, 0) is 57.0 Å². The first kappa shape index (κ1) is 22.2. The highest BCUT2D eigenvalue weighted by Crippen LogP contribution is 2.08. The van der Waals surface area contributed by atoms with Gasteiger partial charge in [-0.3, -0.25) is 4.79 Å². The van der Waals surface area contributed by atoms with Crippen LogP contribution in [-0.2, 0) is 6.54 Å². The Balaban J connectivity index is 1.79. The summed E-state index contributed by atoms with van der Waals surface area (Å²) in [5, 5.41) is 9.68. The van der Waals surface area contributed by atoms with Crippen LogP contribution in [0.1, 0.15) is 61.9 Å². The molecule has 1 aliphatic heterocycles. The maximum atomic E-state index is 12.1. The third-order valence-electron chi connectivity index (χ3n) is 4.97. The van der Waals surface area contributed by atoms with E-state index in [9.17, 15) is 4.79 Å². The molecule has 6 heteroatoms. The number of carbonyl (C=O) groups excluding carboxylic acids is 1. The van der Waals surface area contributed by atoms with E-state index >= 15 is 0 Å². The average Bonchev–Trinajstić information content (AvgIpc) is 2.73. The Labute approximate surface area is 170 Å². The molecule has 0 bridgehead atoms. The molecule has 1 aliphatic rings. The minimum atomic E-state index is -0.00350. The molecule has 0 aliphatic carbocycles. The van der Waals surface area contributed by atoms with Crippen molar-refractivity contribution in [3.8, 4) is 0 Å². The predicted molar refractivity (Wildman–Crippen MR) is 117 cm³/mol. The largest absolute Gasteiger partial charge is 0.357 e. The third kappa shape index (κ3) is 8.30. The van der Waals surface area contributed by atoms with Gasteiger partial charge in [0.25, 0.3) is 5.91 Å². The molecule has 1 fully saturated rings. The molecule has 0 atom stereocenters. The van der Waals surface area contributed by atoms with Gasteiger partial charge in [-0.15, -0.1) is 0 Å². The fourth-order valence-electron chi connectivity index (χ4n) is 3.27. The highest BCUT2D eigenvalue weighted by molar-refractivity contribution is 5.94. The number of rotatable bonds is 10. The van der Waals surface area contributed by atoms with Crippen molar-refractivity contribution in [1.82, 2.24) is 20.9 Å². The molecule has 28 heavy (non-hydrogen) atoms. The molecule has 1 amide bonds. The van der Waals surface area contributed by atoms with Gasteiger partial charge < -0.3 is 20.9 Å². The van der Waals surface area contributed by atoms with E-state index in [2.05, 4.69) is 39.7 Å². The quantitative estimate of drug-likeness (QED) is 0.328. The van der Waals surface area contributed by atoms with Crippen molar-refractivity contribution in [1.29, 1.82) is 0 Å². The van der Waals surface area contributed by atoms with Gasteiger partial charge in [-0.25, -0.2) is 4.99 Å². The van der Waals surface area contributed by atoms with Crippen LogP contribution >= 0.6 is 0 Å². The van der Waals surface area contributed by atoms with Crippen LogP contribution in [0.3, 0.4) is 0 Å². The number of likely N-dealkylation sites (tertiary alicyclic amines) is 1. The number of nitrogens with one attached hydrogen (secondary N) is 3. The van der Waals surface area contributed by atoms with Gasteiger partial charge in [-0.1, -0.05) is 31.9 Å². The zero-order valence-corrected chi connectivity index (χ0v) is 17.6. The number of hydrogen-bond acceptors (Lipinski definition) is 3. The fraction of sp³-hybridized carbons (Fsp3) is 0.636. The predicted octanol–water partition coefficient (Wildman–Crippen LogP) is 2.76. The summed E-state index contributed by atoms with van der Waals surface area (Å²) in [6.07, 6.45) is 6.10. The highest BCUT2D eigenvalue weighted by Gasteiger charge is 2.09. The van der Waals surface area contributed by atoms with E-state index in [-0.39, 0.29) is 5.91 Å². The first-order valence-electron chi connectivity index (χ1n) is 10.8. The molecule has 0 aromatic heterocycles. The van der Waals surface area contributed by atoms with Gasteiger partial charge in [-0.2, -0.15) is 0 Å². The van der Waals surface area contributed by atoms with Crippen LogP contribution in [0.15, 0.2) is 29.3 Å². The molecule has 2 rings (SSSR count). The summed E-state index contributed by atoms with van der Waals surface area (Å²) in [5.41, 5.74) is 1.80. The van der Waals surface area contributed by atoms with Crippen LogP contribution in [0.5, 0.6) is 0 Å². The molecule has 1 saturated heterocycles. The Morgan fingerprint density at radius 1 is 1.00 bits per heavy atom. The number of aliphatic imine (C=N–C) groups is 1. The zero-order valence-electron chi connectivity index (χ0n) is 17.6. The molecule has 156 valence electrons. The van der Waals surface area contributed by atoms with Crippen LogP contribution in [0.25, 0.3) is 0 Å². The summed E-state index contributed by atoms with van der Waals surface area (Å²) in [5.74, 6) is 0.845. The molecule has 6 nitrogen and oxygen atoms in total. The maximum absolute atomic E-state index is 12.1. The van der Waals surface area contributed by atoms with Crippen LogP contribution < -0.4 is 16.0 Å². The Kier molecular flexibility index (Phi) is 10.4. The minimum absolute atomic E-state index is 0.00350. The molecule has 1 heterocycles. The zero-order chi connectivity index (χ0) is 20.0. The van der Waals surface area contributed by atoms with Crippen molar-refractivity contribution in [2.45, 2.75) is 52.5 Å². The number of guanidine groups is 1. The Morgan fingerprint density at radius 3 is 2.43 bits per heavy atom. The normalized spacial score (nSPS) is 15.3. The van der Waals surface area contributed by atoms with E-state index < -0.39 is 0 Å². The van der Waals surface area contributed by atoms with Crippen molar-refractivity contribution < 1.29 is 4.79 Å². The summed E-state index contributed by atoms with van der Waals surface area (Å²) in [6.45, 7) is 10.8. The molecule has 0 unspecified atom stereocenters. The number of hydrogen-bond donors (Lipinski definition) is 3. The Hall–Kier alpha value is -2.08. The first-order valence-corrected chi connectivity index (χ1v) is 10.8. The summed E-state index contributed by atoms with van der Waals surface area (Å²) in [6, 6.07) is 7.72. The van der Waals surface area contributed by atoms with Gasteiger partial charge in [0, 0.05) is 31.7 Å². The number of piperidine rings is 1. The molecule has 1 aromatic carbocycles. The topological polar surface area (TPSA) is 68.8 Å². The molecular formula is C22H37N5O. The monoisotopic (exact) mass is 387 g/mol. The molecule has 0 radical (unpaired) electrons. The van der Waals surface area contributed by atoms with Gasteiger partial charge >= 0.3 is 0 Å². The minimum Gasteiger partial charge on any atom is -0.357 e. The van der Waals surface area contributed by atoms with Crippen molar-refractivity contribution in [3.63, 3.8) is 0 Å². The molecule has 0 spiro atoms. The van der Waals surface area contributed by atoms with Crippen molar-refractivity contribution in [3.05, 3.63) is 35.4 Å². The summed E-state index contributed by atoms with van der Waals surface area (Å²) in [4.78, 5) is 19.3. The highest BCUT2D eigenvalue weighted by atomic mass is 16.1. The third-order valence-corrected chi connectivity index (χ3v) is 4.97. The van der Waals surface area contributed by atoms with Gasteiger partial charge in [0.15, 0.2) is 5.96 Å². The lowest BCUT2D eigenvalue weighted by atomic mass is 10.1. The smallest absolute Gasteiger partial charge is 0.251 e. The van der Waals surface area contributed by atoms with Gasteiger partial charge in [0.2, 0.25) is 0 Å². The fourth-order valence-corrected chi connectivity index (χ4v) is 3.27. The summed E-state index contributed by atoms with van der Waals surface area (Å²) >= 11 is 0. The van der Waals surface area contributed by atoms with Crippen LogP contribution in [0.4, 0.5) is 0 Å². The molecular weight excluding hydrogens is 350 g/mol.